The van der Waals surface area contributed by atoms with Crippen LogP contribution in [0.25, 0.3) is 0 Å². The van der Waals surface area contributed by atoms with Gasteiger partial charge in [-0.15, -0.1) is 24.0 Å². The minimum Gasteiger partial charge on any atom is -0.381 e. The Labute approximate surface area is 156 Å². The molecule has 0 aromatic carbocycles. The van der Waals surface area contributed by atoms with Gasteiger partial charge in [0.1, 0.15) is 0 Å². The number of nitrogens with one attached hydrogen (secondary N) is 1. The molecular formula is C17H29IN4O. The third kappa shape index (κ3) is 4.56. The Kier molecular flexibility index (Phi) is 8.25. The van der Waals surface area contributed by atoms with Crippen molar-refractivity contribution < 1.29 is 4.74 Å². The number of nitrogens with zero attached hydrogens (tertiary/aromatic N) is 2. The molecule has 6 heteroatoms. The second kappa shape index (κ2) is 9.42. The highest BCUT2D eigenvalue weighted by Gasteiger charge is 2.53. The van der Waals surface area contributed by atoms with E-state index in [0.717, 1.165) is 31.4 Å². The molecule has 0 amide bonds. The first-order valence-corrected chi connectivity index (χ1v) is 8.15. The van der Waals surface area contributed by atoms with E-state index in [1.807, 2.05) is 18.2 Å². The minimum atomic E-state index is 0. The Balaban J connectivity index is 0.00000264. The number of methoxy groups -OCH3 is 1. The molecule has 0 radical (unpaired) electrons. The van der Waals surface area contributed by atoms with E-state index >= 15 is 0 Å². The van der Waals surface area contributed by atoms with Gasteiger partial charge in [-0.2, -0.15) is 0 Å². The first kappa shape index (κ1) is 20.2. The van der Waals surface area contributed by atoms with Crippen LogP contribution in [0.15, 0.2) is 29.4 Å². The van der Waals surface area contributed by atoms with E-state index in [1.165, 1.54) is 0 Å². The van der Waals surface area contributed by atoms with Gasteiger partial charge in [-0.3, -0.25) is 9.98 Å². The molecule has 0 bridgehead atoms. The van der Waals surface area contributed by atoms with Crippen LogP contribution in [0.4, 0.5) is 0 Å². The zero-order valence-electron chi connectivity index (χ0n) is 14.3. The van der Waals surface area contributed by atoms with Gasteiger partial charge in [-0.1, -0.05) is 19.9 Å². The fourth-order valence-corrected chi connectivity index (χ4v) is 3.54. The number of halogens is 1. The number of aliphatic imine (C=N–C) groups is 1. The molecule has 0 aliphatic heterocycles. The molecule has 2 unspecified atom stereocenters. The van der Waals surface area contributed by atoms with Gasteiger partial charge in [0.25, 0.3) is 0 Å². The summed E-state index contributed by atoms with van der Waals surface area (Å²) in [6.45, 7) is 5.09. The summed E-state index contributed by atoms with van der Waals surface area (Å²) in [7, 11) is 1.80. The number of ether oxygens (including phenoxy) is 1. The first-order chi connectivity index (χ1) is 10.7. The predicted octanol–water partition coefficient (Wildman–Crippen LogP) is 2.74. The molecule has 23 heavy (non-hydrogen) atoms. The second-order valence-electron chi connectivity index (χ2n) is 5.94. The lowest BCUT2D eigenvalue weighted by molar-refractivity contribution is -0.118. The maximum atomic E-state index is 6.04. The molecule has 5 nitrogen and oxygen atoms in total. The summed E-state index contributed by atoms with van der Waals surface area (Å²) in [5, 5.41) is 3.39. The van der Waals surface area contributed by atoms with Crippen molar-refractivity contribution in [2.75, 3.05) is 13.7 Å². The largest absolute Gasteiger partial charge is 0.381 e. The van der Waals surface area contributed by atoms with Crippen LogP contribution in [0.2, 0.25) is 0 Å². The maximum absolute atomic E-state index is 6.04. The van der Waals surface area contributed by atoms with Crippen LogP contribution in [0.3, 0.4) is 0 Å². The lowest BCUT2D eigenvalue weighted by Crippen LogP contribution is -2.65. The number of rotatable bonds is 7. The summed E-state index contributed by atoms with van der Waals surface area (Å²) in [6, 6.07) is 6.27. The van der Waals surface area contributed by atoms with Crippen molar-refractivity contribution in [3.8, 4) is 0 Å². The normalized spacial score (nSPS) is 22.8. The molecule has 1 aromatic rings. The Morgan fingerprint density at radius 1 is 1.43 bits per heavy atom. The first-order valence-electron chi connectivity index (χ1n) is 8.15. The van der Waals surface area contributed by atoms with Gasteiger partial charge >= 0.3 is 0 Å². The molecule has 1 aromatic heterocycles. The summed E-state index contributed by atoms with van der Waals surface area (Å²) in [5.41, 5.74) is 7.26. The quantitative estimate of drug-likeness (QED) is 0.395. The van der Waals surface area contributed by atoms with E-state index in [-0.39, 0.29) is 29.4 Å². The predicted molar refractivity (Wildman–Crippen MR) is 105 cm³/mol. The molecule has 0 spiro atoms. The van der Waals surface area contributed by atoms with Gasteiger partial charge in [0.2, 0.25) is 0 Å². The smallest absolute Gasteiger partial charge is 0.188 e. The van der Waals surface area contributed by atoms with Crippen LogP contribution in [0.1, 0.15) is 38.8 Å². The molecule has 0 saturated heterocycles. The van der Waals surface area contributed by atoms with Gasteiger partial charge in [-0.05, 0) is 31.4 Å². The second-order valence-corrected chi connectivity index (χ2v) is 5.94. The Bertz CT molecular complexity index is 491. The fraction of sp³-hybridized carbons (Fsp3) is 0.647. The zero-order chi connectivity index (χ0) is 16.0. The summed E-state index contributed by atoms with van der Waals surface area (Å²) in [5.74, 6) is 0.529. The highest BCUT2D eigenvalue weighted by Crippen LogP contribution is 2.48. The summed E-state index contributed by atoms with van der Waals surface area (Å²) in [4.78, 5) is 8.72. The highest BCUT2D eigenvalue weighted by atomic mass is 127. The van der Waals surface area contributed by atoms with E-state index in [2.05, 4.69) is 29.1 Å². The van der Waals surface area contributed by atoms with Crippen molar-refractivity contribution in [3.63, 3.8) is 0 Å². The Morgan fingerprint density at radius 3 is 2.74 bits per heavy atom. The third-order valence-electron chi connectivity index (χ3n) is 5.08. The lowest BCUT2D eigenvalue weighted by atomic mass is 9.58. The number of guanidine groups is 1. The van der Waals surface area contributed by atoms with E-state index in [4.69, 9.17) is 10.5 Å². The molecule has 3 N–H and O–H groups in total. The van der Waals surface area contributed by atoms with Crippen LogP contribution >= 0.6 is 24.0 Å². The van der Waals surface area contributed by atoms with Gasteiger partial charge in [0.05, 0.1) is 6.10 Å². The van der Waals surface area contributed by atoms with E-state index in [1.54, 1.807) is 13.3 Å². The summed E-state index contributed by atoms with van der Waals surface area (Å²) < 4.78 is 5.61. The molecule has 1 aliphatic carbocycles. The fourth-order valence-electron chi connectivity index (χ4n) is 3.54. The minimum absolute atomic E-state index is 0. The van der Waals surface area contributed by atoms with Crippen LogP contribution in [-0.4, -0.2) is 36.7 Å². The van der Waals surface area contributed by atoms with E-state index in [0.29, 0.717) is 24.7 Å². The molecule has 130 valence electrons. The average molecular weight is 432 g/mol. The third-order valence-corrected chi connectivity index (χ3v) is 5.08. The number of pyridine rings is 1. The average Bonchev–Trinajstić information content (AvgIpc) is 2.53. The highest BCUT2D eigenvalue weighted by molar-refractivity contribution is 14.0. The van der Waals surface area contributed by atoms with Crippen molar-refractivity contribution in [2.24, 2.45) is 16.1 Å². The molecule has 1 heterocycles. The van der Waals surface area contributed by atoms with Crippen molar-refractivity contribution in [3.05, 3.63) is 30.1 Å². The van der Waals surface area contributed by atoms with Gasteiger partial charge in [0, 0.05) is 43.4 Å². The summed E-state index contributed by atoms with van der Waals surface area (Å²) >= 11 is 0. The SMILES string of the molecule is CCC1(CC)C(NC(N)=NCCc2ccccn2)CC1OC.I. The molecule has 1 saturated carbocycles. The van der Waals surface area contributed by atoms with Gasteiger partial charge in [-0.25, -0.2) is 0 Å². The van der Waals surface area contributed by atoms with Crippen molar-refractivity contribution in [1.29, 1.82) is 0 Å². The summed E-state index contributed by atoms with van der Waals surface area (Å²) in [6.07, 6.45) is 6.09. The van der Waals surface area contributed by atoms with Crippen molar-refractivity contribution in [2.45, 2.75) is 51.7 Å². The number of nitrogens with two attached hydrogens (primary N) is 1. The Morgan fingerprint density at radius 2 is 2.17 bits per heavy atom. The number of aromatic nitrogens is 1. The van der Waals surface area contributed by atoms with Crippen LogP contribution < -0.4 is 11.1 Å². The van der Waals surface area contributed by atoms with E-state index in [9.17, 15) is 0 Å². The van der Waals surface area contributed by atoms with Crippen molar-refractivity contribution in [1.82, 2.24) is 10.3 Å². The Hall–Kier alpha value is -0.890. The number of hydrogen-bond donors (Lipinski definition) is 2. The zero-order valence-corrected chi connectivity index (χ0v) is 16.6. The van der Waals surface area contributed by atoms with Gasteiger partial charge < -0.3 is 15.8 Å². The van der Waals surface area contributed by atoms with Crippen LogP contribution in [0.5, 0.6) is 0 Å². The molecule has 2 rings (SSSR count). The molecule has 1 aliphatic rings. The molecule has 1 fully saturated rings. The van der Waals surface area contributed by atoms with E-state index < -0.39 is 0 Å². The van der Waals surface area contributed by atoms with Crippen LogP contribution in [0, 0.1) is 5.41 Å². The topological polar surface area (TPSA) is 72.5 Å². The van der Waals surface area contributed by atoms with Gasteiger partial charge in [0.15, 0.2) is 5.96 Å². The molecule has 2 atom stereocenters. The lowest BCUT2D eigenvalue weighted by Gasteiger charge is -2.55. The standard InChI is InChI=1S/C17H28N4O.HI/c1-4-17(5-2)14(12-15(17)22-3)21-16(18)20-11-9-13-8-6-7-10-19-13;/h6-8,10,14-15H,4-5,9,11-12H2,1-3H3,(H3,18,20,21);1H. The van der Waals surface area contributed by atoms with Crippen molar-refractivity contribution >= 4 is 29.9 Å². The van der Waals surface area contributed by atoms with Crippen LogP contribution in [-0.2, 0) is 11.2 Å². The molecular weight excluding hydrogens is 403 g/mol. The maximum Gasteiger partial charge on any atom is 0.188 e. The number of hydrogen-bond acceptors (Lipinski definition) is 3. The monoisotopic (exact) mass is 432 g/mol.